The Labute approximate surface area is 103 Å². The van der Waals surface area contributed by atoms with Gasteiger partial charge in [0.25, 0.3) is 0 Å². The summed E-state index contributed by atoms with van der Waals surface area (Å²) in [5.41, 5.74) is 0. The van der Waals surface area contributed by atoms with Crippen LogP contribution in [0.2, 0.25) is 0 Å². The molecule has 1 N–H and O–H groups in total. The lowest BCUT2D eigenvalue weighted by Gasteiger charge is -2.40. The minimum atomic E-state index is 0.662. The fourth-order valence-corrected chi connectivity index (χ4v) is 2.90. The number of furan rings is 1. The van der Waals surface area contributed by atoms with Crippen molar-refractivity contribution in [2.75, 3.05) is 13.1 Å². The average molecular weight is 234 g/mol. The van der Waals surface area contributed by atoms with Crippen LogP contribution in [-0.4, -0.2) is 30.1 Å². The Morgan fingerprint density at radius 3 is 3.00 bits per heavy atom. The van der Waals surface area contributed by atoms with Crippen LogP contribution in [-0.2, 0) is 6.54 Å². The highest BCUT2D eigenvalue weighted by Crippen LogP contribution is 2.34. The van der Waals surface area contributed by atoms with Crippen LogP contribution in [0.5, 0.6) is 0 Å². The van der Waals surface area contributed by atoms with Gasteiger partial charge >= 0.3 is 0 Å². The van der Waals surface area contributed by atoms with E-state index < -0.39 is 0 Å². The molecule has 17 heavy (non-hydrogen) atoms. The van der Waals surface area contributed by atoms with Crippen molar-refractivity contribution in [1.29, 1.82) is 0 Å². The molecule has 0 radical (unpaired) electrons. The quantitative estimate of drug-likeness (QED) is 0.866. The predicted molar refractivity (Wildman–Crippen MR) is 67.7 cm³/mol. The number of hydrogen-bond acceptors (Lipinski definition) is 3. The summed E-state index contributed by atoms with van der Waals surface area (Å²) in [7, 11) is 0. The molecule has 1 saturated heterocycles. The smallest absolute Gasteiger partial charge is 0.117 e. The lowest BCUT2D eigenvalue weighted by Crippen LogP contribution is -2.56. The molecule has 1 aliphatic carbocycles. The number of nitrogens with zero attached hydrogens (tertiary/aromatic N) is 1. The van der Waals surface area contributed by atoms with Crippen LogP contribution in [0, 0.1) is 5.92 Å². The molecule has 3 heteroatoms. The summed E-state index contributed by atoms with van der Waals surface area (Å²) in [6, 6.07) is 5.44. The summed E-state index contributed by atoms with van der Waals surface area (Å²) in [5, 5.41) is 3.72. The molecule has 2 atom stereocenters. The minimum Gasteiger partial charge on any atom is -0.468 e. The topological polar surface area (TPSA) is 28.4 Å². The van der Waals surface area contributed by atoms with Gasteiger partial charge in [-0.15, -0.1) is 0 Å². The Morgan fingerprint density at radius 2 is 2.35 bits per heavy atom. The van der Waals surface area contributed by atoms with Crippen molar-refractivity contribution in [2.45, 2.75) is 44.8 Å². The zero-order valence-electron chi connectivity index (χ0n) is 10.6. The van der Waals surface area contributed by atoms with Gasteiger partial charge < -0.3 is 9.73 Å². The normalized spacial score (nSPS) is 30.6. The summed E-state index contributed by atoms with van der Waals surface area (Å²) in [6.45, 7) is 5.57. The van der Waals surface area contributed by atoms with E-state index in [9.17, 15) is 0 Å². The van der Waals surface area contributed by atoms with Crippen LogP contribution < -0.4 is 5.32 Å². The zero-order chi connectivity index (χ0) is 11.7. The van der Waals surface area contributed by atoms with Gasteiger partial charge in [-0.1, -0.05) is 6.92 Å². The fraction of sp³-hybridized carbons (Fsp3) is 0.714. The first-order chi connectivity index (χ1) is 8.36. The fourth-order valence-electron chi connectivity index (χ4n) is 2.90. The zero-order valence-corrected chi connectivity index (χ0v) is 10.6. The molecule has 1 saturated carbocycles. The molecule has 3 rings (SSSR count). The van der Waals surface area contributed by atoms with Gasteiger partial charge in [0.15, 0.2) is 0 Å². The highest BCUT2D eigenvalue weighted by molar-refractivity contribution is 5.01. The molecule has 2 unspecified atom stereocenters. The van der Waals surface area contributed by atoms with Crippen molar-refractivity contribution in [2.24, 2.45) is 5.92 Å². The summed E-state index contributed by atoms with van der Waals surface area (Å²) < 4.78 is 5.48. The van der Waals surface area contributed by atoms with E-state index in [0.29, 0.717) is 12.1 Å². The monoisotopic (exact) mass is 234 g/mol. The first kappa shape index (κ1) is 11.3. The largest absolute Gasteiger partial charge is 0.468 e. The molecule has 0 spiro atoms. The van der Waals surface area contributed by atoms with E-state index >= 15 is 0 Å². The van der Waals surface area contributed by atoms with Gasteiger partial charge in [-0.25, -0.2) is 0 Å². The summed E-state index contributed by atoms with van der Waals surface area (Å²) in [5.74, 6) is 2.03. The number of piperazine rings is 1. The van der Waals surface area contributed by atoms with E-state index in [1.165, 1.54) is 25.8 Å². The Hall–Kier alpha value is -0.800. The Morgan fingerprint density at radius 1 is 1.47 bits per heavy atom. The van der Waals surface area contributed by atoms with Gasteiger partial charge in [0.05, 0.1) is 12.8 Å². The van der Waals surface area contributed by atoms with Crippen molar-refractivity contribution in [1.82, 2.24) is 10.2 Å². The van der Waals surface area contributed by atoms with E-state index in [4.69, 9.17) is 4.42 Å². The van der Waals surface area contributed by atoms with Gasteiger partial charge in [0.2, 0.25) is 0 Å². The maximum absolute atomic E-state index is 5.48. The van der Waals surface area contributed by atoms with Crippen LogP contribution >= 0.6 is 0 Å². The van der Waals surface area contributed by atoms with E-state index in [1.807, 2.05) is 6.07 Å². The Balaban J connectivity index is 1.64. The SMILES string of the molecule is CCC1CNC(C2CC2)CN1Cc1ccco1. The lowest BCUT2D eigenvalue weighted by atomic mass is 10.0. The molecule has 0 bridgehead atoms. The molecule has 1 aromatic heterocycles. The van der Waals surface area contributed by atoms with Crippen LogP contribution in [0.25, 0.3) is 0 Å². The highest BCUT2D eigenvalue weighted by atomic mass is 16.3. The third-order valence-corrected chi connectivity index (χ3v) is 4.16. The first-order valence-electron chi connectivity index (χ1n) is 6.86. The number of hydrogen-bond donors (Lipinski definition) is 1. The molecule has 3 nitrogen and oxygen atoms in total. The Kier molecular flexibility index (Phi) is 3.21. The van der Waals surface area contributed by atoms with Gasteiger partial charge in [0.1, 0.15) is 5.76 Å². The second kappa shape index (κ2) is 4.83. The minimum absolute atomic E-state index is 0.662. The summed E-state index contributed by atoms with van der Waals surface area (Å²) in [4.78, 5) is 2.60. The van der Waals surface area contributed by atoms with Crippen LogP contribution in [0.4, 0.5) is 0 Å². The summed E-state index contributed by atoms with van der Waals surface area (Å²) >= 11 is 0. The van der Waals surface area contributed by atoms with Crippen LogP contribution in [0.3, 0.4) is 0 Å². The van der Waals surface area contributed by atoms with Crippen LogP contribution in [0.15, 0.2) is 22.8 Å². The molecule has 0 amide bonds. The molecular weight excluding hydrogens is 212 g/mol. The molecule has 2 heterocycles. The Bertz CT molecular complexity index is 345. The number of nitrogens with one attached hydrogen (secondary N) is 1. The van der Waals surface area contributed by atoms with E-state index in [2.05, 4.69) is 23.2 Å². The van der Waals surface area contributed by atoms with Crippen molar-refractivity contribution >= 4 is 0 Å². The summed E-state index contributed by atoms with van der Waals surface area (Å²) in [6.07, 6.45) is 5.83. The van der Waals surface area contributed by atoms with Crippen molar-refractivity contribution in [3.8, 4) is 0 Å². The van der Waals surface area contributed by atoms with Gasteiger partial charge in [-0.3, -0.25) is 4.90 Å². The molecule has 2 fully saturated rings. The first-order valence-corrected chi connectivity index (χ1v) is 6.86. The van der Waals surface area contributed by atoms with Crippen molar-refractivity contribution in [3.05, 3.63) is 24.2 Å². The molecule has 1 aromatic rings. The van der Waals surface area contributed by atoms with E-state index in [1.54, 1.807) is 6.26 Å². The van der Waals surface area contributed by atoms with Gasteiger partial charge in [-0.05, 0) is 37.3 Å². The molecule has 1 aliphatic heterocycles. The predicted octanol–water partition coefficient (Wildman–Crippen LogP) is 2.24. The maximum Gasteiger partial charge on any atom is 0.117 e. The maximum atomic E-state index is 5.48. The third kappa shape index (κ3) is 2.55. The average Bonchev–Trinajstić information content (AvgIpc) is 3.09. The van der Waals surface area contributed by atoms with Gasteiger partial charge in [-0.2, -0.15) is 0 Å². The molecule has 0 aromatic carbocycles. The van der Waals surface area contributed by atoms with E-state index in [0.717, 1.165) is 24.8 Å². The second-order valence-corrected chi connectivity index (χ2v) is 5.42. The second-order valence-electron chi connectivity index (χ2n) is 5.42. The molecule has 94 valence electrons. The highest BCUT2D eigenvalue weighted by Gasteiger charge is 2.36. The van der Waals surface area contributed by atoms with E-state index in [-0.39, 0.29) is 0 Å². The van der Waals surface area contributed by atoms with Gasteiger partial charge in [0, 0.05) is 25.2 Å². The molecule has 2 aliphatic rings. The molecular formula is C14H22N2O. The van der Waals surface area contributed by atoms with Crippen molar-refractivity contribution < 1.29 is 4.42 Å². The number of rotatable bonds is 4. The van der Waals surface area contributed by atoms with Crippen molar-refractivity contribution in [3.63, 3.8) is 0 Å². The third-order valence-electron chi connectivity index (χ3n) is 4.16. The van der Waals surface area contributed by atoms with Crippen LogP contribution in [0.1, 0.15) is 31.9 Å². The standard InChI is InChI=1S/C14H22N2O/c1-2-12-8-15-14(11-5-6-11)10-16(12)9-13-4-3-7-17-13/h3-4,7,11-12,14-15H,2,5-6,8-10H2,1H3. The lowest BCUT2D eigenvalue weighted by molar-refractivity contribution is 0.104.